The van der Waals surface area contributed by atoms with Crippen LogP contribution in [-0.4, -0.2) is 262 Å². The number of carbonyl (C=O) groups excluding carboxylic acids is 4. The second-order valence-electron chi connectivity index (χ2n) is 5.05. The second-order valence-corrected chi connectivity index (χ2v) is 11.2. The van der Waals surface area contributed by atoms with Gasteiger partial charge in [-0.2, -0.15) is 0 Å². The fourth-order valence-electron chi connectivity index (χ4n) is 0. The van der Waals surface area contributed by atoms with Gasteiger partial charge in [0.1, 0.15) is 0 Å². The van der Waals surface area contributed by atoms with Crippen molar-refractivity contribution in [1.29, 1.82) is 0 Å². The van der Waals surface area contributed by atoms with E-state index in [1.807, 2.05) is 55.4 Å². The summed E-state index contributed by atoms with van der Waals surface area (Å²) in [5, 5.41) is 71.0. The summed E-state index contributed by atoms with van der Waals surface area (Å²) >= 11 is 0. The summed E-state index contributed by atoms with van der Waals surface area (Å²) in [5.41, 5.74) is 18.0. The van der Waals surface area contributed by atoms with E-state index in [1.54, 1.807) is 0 Å². The molecule has 0 saturated carbocycles. The van der Waals surface area contributed by atoms with Gasteiger partial charge in [-0.1, -0.05) is 174 Å². The van der Waals surface area contributed by atoms with Crippen LogP contribution in [0.2, 0.25) is 0 Å². The first-order valence-electron chi connectivity index (χ1n) is 14.2. The molecule has 0 aromatic carbocycles. The molecule has 8 N–H and O–H groups in total. The molecule has 36 heteroatoms. The predicted octanol–water partition coefficient (Wildman–Crippen LogP) is -0.965. The third kappa shape index (κ3) is 2130. The van der Waals surface area contributed by atoms with Crippen molar-refractivity contribution >= 4 is 215 Å². The fraction of sp³-hybridized carbons (Fsp3) is 0.900. The molecule has 0 radical (unpaired) electrons. The minimum absolute atomic E-state index is 0. The number of carboxylic acid groups (broad SMARTS) is 4. The second kappa shape index (κ2) is 252. The number of carbonyl (C=O) groups is 4. The molecule has 76 heavy (non-hydrogen) atoms. The van der Waals surface area contributed by atoms with Gasteiger partial charge in [0.15, 0.2) is 0 Å². The van der Waals surface area contributed by atoms with Gasteiger partial charge in [-0.05, 0) is 55.9 Å². The molecule has 0 spiro atoms. The first-order chi connectivity index (χ1) is 25.2. The van der Waals surface area contributed by atoms with Crippen molar-refractivity contribution in [3.8, 4) is 0 Å². The Morgan fingerprint density at radius 3 is 0.276 bits per heavy atom. The molecule has 0 aliphatic rings. The topological polar surface area (TPSA) is 530 Å². The molecule has 0 bridgehead atoms. The molecular formula is C40H132Ca4N4O24S4. The quantitative estimate of drug-likeness (QED) is 0.149. The van der Waals surface area contributed by atoms with E-state index in [9.17, 15) is 33.7 Å². The zero-order chi connectivity index (χ0) is 51.1. The molecule has 0 heterocycles. The van der Waals surface area contributed by atoms with Crippen LogP contribution in [0.3, 0.4) is 0 Å². The standard InChI is InChI=1S/4C2H4O2.4C2H6.4CH5N.4CH4O4S.16CH4.4Ca/c4*1-2(3)4;8*1-2;4*1-6(3,4)5-2;;;;;;;;;;;;;;;;;;;;/h4*1H3,(H,3,4);4*1-2H3;4*2H2,1H3;4*2H,1H3;16*1H4;;;;/q;;;;;;;;;;;;;;;;;;;;;;;;;;;;;;;;4*+2/p-8. The van der Waals surface area contributed by atoms with Crippen LogP contribution < -0.4 is 64.4 Å². The molecule has 0 aromatic rings. The molecule has 488 valence electrons. The first kappa shape index (κ1) is 262. The minimum atomic E-state index is -3.72. The fourth-order valence-corrected chi connectivity index (χ4v) is 0. The number of hydrogen-bond donors (Lipinski definition) is 4. The summed E-state index contributed by atoms with van der Waals surface area (Å²) in [6.07, 6.45) is 2.72. The van der Waals surface area contributed by atoms with Crippen molar-refractivity contribution in [3.63, 3.8) is 0 Å². The monoisotopic (exact) mass is 1340 g/mol. The molecule has 28 nitrogen and oxygen atoms in total. The molecule has 0 fully saturated rings. The van der Waals surface area contributed by atoms with Gasteiger partial charge in [-0.25, -0.2) is 33.7 Å². The predicted molar refractivity (Wildman–Crippen MR) is 323 cm³/mol. The summed E-state index contributed by atoms with van der Waals surface area (Å²) in [6, 6.07) is 0. The largest absolute Gasteiger partial charge is 2.00 e. The molecule has 0 unspecified atom stereocenters. The first-order valence-corrected chi connectivity index (χ1v) is 21.5. The van der Waals surface area contributed by atoms with Gasteiger partial charge in [0.05, 0.1) is 25.0 Å². The Morgan fingerprint density at radius 2 is 0.276 bits per heavy atom. The maximum Gasteiger partial charge on any atom is 2.00 e. The zero-order valence-corrected chi connectivity index (χ0v) is 50.7. The number of aliphatic carboxylic acids is 4. The Kier molecular flexibility index (Phi) is 866. The summed E-state index contributed by atoms with van der Waals surface area (Å²) < 4.78 is 86.4. The van der Waals surface area contributed by atoms with E-state index < -0.39 is 64.3 Å². The smallest absolute Gasteiger partial charge is 0.707 e. The molecule has 0 rings (SSSR count). The van der Waals surface area contributed by atoms with Gasteiger partial charge in [0.2, 0.25) is 0 Å². The van der Waals surface area contributed by atoms with E-state index in [2.05, 4.69) is 40.3 Å². The maximum absolute atomic E-state index is 9.47. The van der Waals surface area contributed by atoms with Gasteiger partial charge in [-0.15, -0.1) is 0 Å². The van der Waals surface area contributed by atoms with Crippen molar-refractivity contribution in [2.24, 2.45) is 22.9 Å². The third-order valence-corrected chi connectivity index (χ3v) is 1.48. The van der Waals surface area contributed by atoms with E-state index in [4.69, 9.17) is 60.6 Å². The Labute approximate surface area is 596 Å². The zero-order valence-electron chi connectivity index (χ0n) is 38.6. The van der Waals surface area contributed by atoms with Crippen LogP contribution in [0, 0.1) is 0 Å². The molecule has 0 atom stereocenters. The third-order valence-electron chi connectivity index (χ3n) is 0.494. The van der Waals surface area contributed by atoms with Gasteiger partial charge >= 0.3 is 151 Å². The Bertz CT molecular complexity index is 953. The summed E-state index contributed by atoms with van der Waals surface area (Å²) in [4.78, 5) is 35.6. The van der Waals surface area contributed by atoms with E-state index in [1.165, 1.54) is 28.2 Å². The molecule has 0 aromatic heterocycles. The Morgan fingerprint density at radius 1 is 0.263 bits per heavy atom. The number of hydrogen-bond acceptors (Lipinski definition) is 28. The van der Waals surface area contributed by atoms with Crippen molar-refractivity contribution < 1.29 is 112 Å². The van der Waals surface area contributed by atoms with Crippen LogP contribution in [0.15, 0.2) is 0 Å². The van der Waals surface area contributed by atoms with Crippen molar-refractivity contribution in [2.75, 3.05) is 53.2 Å². The summed E-state index contributed by atoms with van der Waals surface area (Å²) in [6.45, 7) is 19.9. The van der Waals surface area contributed by atoms with E-state index in [0.29, 0.717) is 25.0 Å². The Balaban J connectivity index is -0.00000000659. The van der Waals surface area contributed by atoms with Crippen LogP contribution in [0.5, 0.6) is 0 Å². The number of carboxylic acids is 4. The van der Waals surface area contributed by atoms with E-state index in [0.717, 1.165) is 27.7 Å². The molecule has 0 aliphatic carbocycles. The Hall–Kier alpha value is 2.24. The summed E-state index contributed by atoms with van der Waals surface area (Å²) in [5.74, 6) is -4.33. The minimum Gasteiger partial charge on any atom is -0.707 e. The van der Waals surface area contributed by atoms with Crippen LogP contribution in [0.25, 0.3) is 0 Å². The van der Waals surface area contributed by atoms with Crippen LogP contribution in [0.1, 0.15) is 202 Å². The van der Waals surface area contributed by atoms with Crippen molar-refractivity contribution in [3.05, 3.63) is 0 Å². The molecule has 0 aliphatic heterocycles. The van der Waals surface area contributed by atoms with Crippen LogP contribution in [0.4, 0.5) is 0 Å². The molecule has 0 amide bonds. The maximum atomic E-state index is 9.47. The van der Waals surface area contributed by atoms with E-state index >= 15 is 0 Å². The number of rotatable bonds is 4. The molecule has 0 saturated heterocycles. The SMILES string of the molecule is C.C.C.C.C.C.C.C.C.C.C.C.C.C.C.C.CC.CC.CC.CC.CC(=O)[O-].CC(=O)[O-].CC(=O)[O-].CC(=O)[O-].CN.CN.CN.CN.CS(=O)(=O)O[O-].CS(=O)(=O)O[O-].CS(=O)(=O)O[O-].CS(=O)(=O)O[O-].[Ca+2].[Ca+2].[Ca+2].[Ca+2]. The van der Waals surface area contributed by atoms with Gasteiger partial charge in [-0.3, -0.25) is 0 Å². The van der Waals surface area contributed by atoms with E-state index in [-0.39, 0.29) is 270 Å². The average molecular weight is 1340 g/mol. The van der Waals surface area contributed by atoms with Gasteiger partial charge < -0.3 is 101 Å². The van der Waals surface area contributed by atoms with Crippen LogP contribution >= 0.6 is 0 Å². The normalized spacial score (nSPS) is 5.63. The number of nitrogens with two attached hydrogens (primary N) is 4. The van der Waals surface area contributed by atoms with Crippen molar-refractivity contribution in [2.45, 2.75) is 202 Å². The van der Waals surface area contributed by atoms with Gasteiger partial charge in [0.25, 0.3) is 40.5 Å². The van der Waals surface area contributed by atoms with Crippen LogP contribution in [-0.2, 0) is 77.0 Å². The summed E-state index contributed by atoms with van der Waals surface area (Å²) in [7, 11) is -8.87. The van der Waals surface area contributed by atoms with Gasteiger partial charge in [0, 0.05) is 23.9 Å². The van der Waals surface area contributed by atoms with Crippen molar-refractivity contribution in [1.82, 2.24) is 0 Å². The average Bonchev–Trinajstić information content (AvgIpc) is 3.10. The molecular weight excluding hydrogens is 1210 g/mol.